The average Bonchev–Trinajstić information content (AvgIpc) is 2.92. The number of rotatable bonds is 9. The molecule has 0 unspecified atom stereocenters. The summed E-state index contributed by atoms with van der Waals surface area (Å²) in [7, 11) is -4.34. The third kappa shape index (κ3) is 8.63. The number of nitrogens with zero attached hydrogens (tertiary/aromatic N) is 2. The van der Waals surface area contributed by atoms with Gasteiger partial charge in [-0.3, -0.25) is 10.8 Å². The van der Waals surface area contributed by atoms with Crippen molar-refractivity contribution in [1.29, 1.82) is 10.8 Å². The standard InChI is InChI=1S/C28H34N6O5S.2ClH/c1-3-38-28(35)32-40(36,37)34(18-20-4-5-21-6-7-22(27(30)31)17-23(21)16-20)24-8-10-25(11-9-24)39-26-12-14-33(15-13-26)19(2)29;;/h4-11,16-17,26,29H,3,12-15,18H2,1-2H3,(H3,30,31)(H,32,35);2*1H. The van der Waals surface area contributed by atoms with Crippen molar-refractivity contribution in [2.45, 2.75) is 39.3 Å². The lowest BCUT2D eigenvalue weighted by Crippen LogP contribution is -2.43. The van der Waals surface area contributed by atoms with E-state index >= 15 is 0 Å². The van der Waals surface area contributed by atoms with Crippen molar-refractivity contribution < 1.29 is 22.7 Å². The molecular formula is C28H36Cl2N6O5S. The number of benzene rings is 3. The number of amides is 1. The van der Waals surface area contributed by atoms with Gasteiger partial charge in [-0.15, -0.1) is 24.8 Å². The first-order valence-electron chi connectivity index (χ1n) is 13.0. The molecular weight excluding hydrogens is 603 g/mol. The van der Waals surface area contributed by atoms with Crippen LogP contribution in [-0.4, -0.2) is 56.9 Å². The van der Waals surface area contributed by atoms with Crippen LogP contribution in [0.5, 0.6) is 5.75 Å². The van der Waals surface area contributed by atoms with E-state index in [0.717, 1.165) is 41.0 Å². The first-order chi connectivity index (χ1) is 19.1. The summed E-state index contributed by atoms with van der Waals surface area (Å²) in [4.78, 5) is 14.1. The van der Waals surface area contributed by atoms with Crippen LogP contribution in [-0.2, 0) is 21.5 Å². The molecule has 0 bridgehead atoms. The van der Waals surface area contributed by atoms with Gasteiger partial charge >= 0.3 is 16.3 Å². The molecule has 0 aromatic heterocycles. The van der Waals surface area contributed by atoms with Crippen molar-refractivity contribution in [3.63, 3.8) is 0 Å². The van der Waals surface area contributed by atoms with E-state index in [0.29, 0.717) is 28.4 Å². The second-order valence-corrected chi connectivity index (χ2v) is 11.1. The Morgan fingerprint density at radius 3 is 2.26 bits per heavy atom. The maximum Gasteiger partial charge on any atom is 0.422 e. The van der Waals surface area contributed by atoms with Crippen molar-refractivity contribution in [1.82, 2.24) is 9.62 Å². The van der Waals surface area contributed by atoms with Gasteiger partial charge in [0.05, 0.1) is 24.7 Å². The van der Waals surface area contributed by atoms with Crippen molar-refractivity contribution in [2.75, 3.05) is 24.0 Å². The van der Waals surface area contributed by atoms with Gasteiger partial charge in [0, 0.05) is 31.5 Å². The van der Waals surface area contributed by atoms with E-state index in [1.54, 1.807) is 50.2 Å². The van der Waals surface area contributed by atoms with Crippen LogP contribution in [0.15, 0.2) is 60.7 Å². The Morgan fingerprint density at radius 2 is 1.67 bits per heavy atom. The quantitative estimate of drug-likeness (QED) is 0.193. The Bertz CT molecular complexity index is 1510. The maximum atomic E-state index is 13.3. The molecule has 1 aliphatic rings. The van der Waals surface area contributed by atoms with Gasteiger partial charge in [0.15, 0.2) is 0 Å². The number of carbonyl (C=O) groups excluding carboxylic acids is 1. The summed E-state index contributed by atoms with van der Waals surface area (Å²) >= 11 is 0. The molecule has 42 heavy (non-hydrogen) atoms. The topological polar surface area (TPSA) is 162 Å². The number of halogens is 2. The van der Waals surface area contributed by atoms with Crippen LogP contribution in [0.1, 0.15) is 37.8 Å². The van der Waals surface area contributed by atoms with Gasteiger partial charge < -0.3 is 20.1 Å². The number of nitrogen functional groups attached to an aromatic ring is 1. The van der Waals surface area contributed by atoms with Gasteiger partial charge in [-0.2, -0.15) is 8.42 Å². The second-order valence-electron chi connectivity index (χ2n) is 9.53. The van der Waals surface area contributed by atoms with E-state index in [-0.39, 0.29) is 49.9 Å². The number of amidine groups is 2. The number of hydrogen-bond donors (Lipinski definition) is 4. The van der Waals surface area contributed by atoms with Crippen molar-refractivity contribution in [3.8, 4) is 5.75 Å². The van der Waals surface area contributed by atoms with Crippen LogP contribution in [0.4, 0.5) is 10.5 Å². The highest BCUT2D eigenvalue weighted by atomic mass is 35.5. The molecule has 0 saturated carbocycles. The lowest BCUT2D eigenvalue weighted by atomic mass is 10.0. The van der Waals surface area contributed by atoms with Crippen LogP contribution < -0.4 is 19.5 Å². The molecule has 1 aliphatic heterocycles. The Morgan fingerprint density at radius 1 is 1.02 bits per heavy atom. The summed E-state index contributed by atoms with van der Waals surface area (Å²) < 4.78 is 40.6. The zero-order valence-corrected chi connectivity index (χ0v) is 25.8. The third-order valence-electron chi connectivity index (χ3n) is 6.66. The Kier molecular flexibility index (Phi) is 12.3. The molecule has 3 aromatic carbocycles. The van der Waals surface area contributed by atoms with Crippen LogP contribution in [0.3, 0.4) is 0 Å². The average molecular weight is 640 g/mol. The zero-order valence-electron chi connectivity index (χ0n) is 23.3. The zero-order chi connectivity index (χ0) is 28.9. The van der Waals surface area contributed by atoms with E-state index in [4.69, 9.17) is 26.0 Å². The molecule has 1 heterocycles. The van der Waals surface area contributed by atoms with Crippen LogP contribution in [0, 0.1) is 10.8 Å². The smallest absolute Gasteiger partial charge is 0.422 e. The molecule has 228 valence electrons. The number of fused-ring (bicyclic) bond motifs is 1. The first-order valence-corrected chi connectivity index (χ1v) is 14.4. The van der Waals surface area contributed by atoms with Gasteiger partial charge in [0.2, 0.25) is 0 Å². The van der Waals surface area contributed by atoms with Gasteiger partial charge in [0.25, 0.3) is 0 Å². The minimum Gasteiger partial charge on any atom is -0.490 e. The van der Waals surface area contributed by atoms with Crippen molar-refractivity contribution in [3.05, 3.63) is 71.8 Å². The molecule has 1 amide bonds. The minimum atomic E-state index is -4.34. The first kappa shape index (κ1) is 34.5. The number of nitrogens with one attached hydrogen (secondary N) is 3. The van der Waals surface area contributed by atoms with Gasteiger partial charge in [-0.25, -0.2) is 13.8 Å². The van der Waals surface area contributed by atoms with Gasteiger partial charge in [-0.05, 0) is 66.6 Å². The highest BCUT2D eigenvalue weighted by molar-refractivity contribution is 7.91. The molecule has 0 radical (unpaired) electrons. The van der Waals surface area contributed by atoms with E-state index in [9.17, 15) is 13.2 Å². The van der Waals surface area contributed by atoms with Crippen molar-refractivity contribution >= 4 is 69.2 Å². The lowest BCUT2D eigenvalue weighted by molar-refractivity contribution is 0.130. The second kappa shape index (κ2) is 14.9. The van der Waals surface area contributed by atoms with E-state index in [2.05, 4.69) is 0 Å². The number of nitrogens with two attached hydrogens (primary N) is 1. The SMILES string of the molecule is CCOC(=O)NS(=O)(=O)N(Cc1ccc2ccc(C(=N)N)cc2c1)c1ccc(OC2CCN(C(C)=N)CC2)cc1.Cl.Cl. The fourth-order valence-corrected chi connectivity index (χ4v) is 5.65. The lowest BCUT2D eigenvalue weighted by Gasteiger charge is -2.33. The summed E-state index contributed by atoms with van der Waals surface area (Å²) in [6, 6.07) is 17.5. The van der Waals surface area contributed by atoms with Crippen LogP contribution in [0.2, 0.25) is 0 Å². The largest absolute Gasteiger partial charge is 0.490 e. The molecule has 0 atom stereocenters. The minimum absolute atomic E-state index is 0. The molecule has 3 aromatic rings. The monoisotopic (exact) mass is 638 g/mol. The number of piperidine rings is 1. The van der Waals surface area contributed by atoms with Crippen LogP contribution in [0.25, 0.3) is 10.8 Å². The molecule has 0 spiro atoms. The van der Waals surface area contributed by atoms with Crippen LogP contribution >= 0.6 is 24.8 Å². The highest BCUT2D eigenvalue weighted by Gasteiger charge is 2.26. The third-order valence-corrected chi connectivity index (χ3v) is 8.01. The molecule has 1 fully saturated rings. The number of hydrogen-bond acceptors (Lipinski definition) is 7. The fourth-order valence-electron chi connectivity index (χ4n) is 4.56. The summed E-state index contributed by atoms with van der Waals surface area (Å²) in [5.41, 5.74) is 7.19. The predicted octanol–water partition coefficient (Wildman–Crippen LogP) is 4.81. The molecule has 4 rings (SSSR count). The number of likely N-dealkylation sites (tertiary alicyclic amines) is 1. The summed E-state index contributed by atoms with van der Waals surface area (Å²) in [6.45, 7) is 4.82. The summed E-state index contributed by atoms with van der Waals surface area (Å²) in [6.07, 6.45) is 0.512. The Labute approximate surface area is 258 Å². The Balaban J connectivity index is 0.00000308. The molecule has 14 heteroatoms. The normalized spacial score (nSPS) is 13.3. The molecule has 0 aliphatic carbocycles. The number of ether oxygens (including phenoxy) is 2. The molecule has 5 N–H and O–H groups in total. The molecule has 11 nitrogen and oxygen atoms in total. The van der Waals surface area contributed by atoms with Crippen molar-refractivity contribution in [2.24, 2.45) is 5.73 Å². The van der Waals surface area contributed by atoms with E-state index in [1.807, 2.05) is 33.9 Å². The van der Waals surface area contributed by atoms with Gasteiger partial charge in [-0.1, -0.05) is 24.3 Å². The maximum absolute atomic E-state index is 13.3. The number of carbonyl (C=O) groups is 1. The van der Waals surface area contributed by atoms with E-state index < -0.39 is 16.3 Å². The Hall–Kier alpha value is -3.74. The van der Waals surface area contributed by atoms with E-state index in [1.165, 1.54) is 0 Å². The fraction of sp³-hybridized carbons (Fsp3) is 0.321. The highest BCUT2D eigenvalue weighted by Crippen LogP contribution is 2.27. The predicted molar refractivity (Wildman–Crippen MR) is 170 cm³/mol. The number of anilines is 1. The summed E-state index contributed by atoms with van der Waals surface area (Å²) in [5, 5.41) is 17.2. The summed E-state index contributed by atoms with van der Waals surface area (Å²) in [5.74, 6) is 1.09. The molecule has 1 saturated heterocycles. The van der Waals surface area contributed by atoms with Gasteiger partial charge in [0.1, 0.15) is 17.7 Å².